The lowest BCUT2D eigenvalue weighted by Gasteiger charge is -2.14. The molecule has 1 radical (unpaired) electrons. The minimum absolute atomic E-state index is 0.319. The Kier molecular flexibility index (Phi) is 5.43. The number of nitrogens with one attached hydrogen (secondary N) is 2. The Balaban J connectivity index is 1.56. The molecule has 0 saturated carbocycles. The molecule has 0 unspecified atom stereocenters. The third-order valence-corrected chi connectivity index (χ3v) is 4.86. The quantitative estimate of drug-likeness (QED) is 0.416. The van der Waals surface area contributed by atoms with Gasteiger partial charge in [0.05, 0.1) is 11.3 Å². The molecule has 0 spiro atoms. The molecule has 2 aromatic carbocycles. The monoisotopic (exact) mass is 439 g/mol. The minimum Gasteiger partial charge on any atom is -0.382 e. The number of halogens is 3. The van der Waals surface area contributed by atoms with Crippen molar-refractivity contribution in [1.82, 2.24) is 14.6 Å². The second-order valence-electron chi connectivity index (χ2n) is 6.92. The predicted molar refractivity (Wildman–Crippen MR) is 116 cm³/mol. The Hall–Kier alpha value is -4.08. The molecule has 2 aromatic heterocycles. The molecule has 0 aliphatic rings. The Morgan fingerprint density at radius 3 is 2.50 bits per heavy atom. The van der Waals surface area contributed by atoms with Gasteiger partial charge in [0.1, 0.15) is 11.8 Å². The molecule has 7 nitrogen and oxygen atoms in total. The second-order valence-corrected chi connectivity index (χ2v) is 6.92. The second kappa shape index (κ2) is 8.22. The summed E-state index contributed by atoms with van der Waals surface area (Å²) in [4.78, 5) is 16.3. The molecule has 0 bridgehead atoms. The summed E-state index contributed by atoms with van der Waals surface area (Å²) in [6.45, 7) is 3.94. The number of nitrogen functional groups attached to an aromatic ring is 1. The summed E-state index contributed by atoms with van der Waals surface area (Å²) in [7, 11) is 0. The van der Waals surface area contributed by atoms with E-state index in [1.165, 1.54) is 24.5 Å². The Morgan fingerprint density at radius 1 is 1.09 bits per heavy atom. The van der Waals surface area contributed by atoms with Gasteiger partial charge in [0.2, 0.25) is 0 Å². The van der Waals surface area contributed by atoms with Gasteiger partial charge in [-0.1, -0.05) is 24.3 Å². The summed E-state index contributed by atoms with van der Waals surface area (Å²) in [5, 5.41) is 8.95. The van der Waals surface area contributed by atoms with Crippen LogP contribution in [0.1, 0.15) is 11.1 Å². The zero-order valence-electron chi connectivity index (χ0n) is 16.6. The molecule has 10 heteroatoms. The van der Waals surface area contributed by atoms with Gasteiger partial charge in [-0.25, -0.2) is 14.3 Å². The highest BCUT2D eigenvalue weighted by Crippen LogP contribution is 2.35. The van der Waals surface area contributed by atoms with Crippen molar-refractivity contribution in [3.05, 3.63) is 79.1 Å². The van der Waals surface area contributed by atoms with Crippen molar-refractivity contribution in [1.29, 1.82) is 0 Å². The number of rotatable bonds is 4. The number of carbonyl (C=O) groups excluding carboxylic acids is 1. The van der Waals surface area contributed by atoms with Crippen molar-refractivity contribution < 1.29 is 18.0 Å². The fourth-order valence-corrected chi connectivity index (χ4v) is 3.44. The predicted octanol–water partition coefficient (Wildman–Crippen LogP) is 5.02. The van der Waals surface area contributed by atoms with E-state index in [4.69, 9.17) is 5.73 Å². The summed E-state index contributed by atoms with van der Waals surface area (Å²) in [5.41, 5.74) is 8.38. The van der Waals surface area contributed by atoms with Crippen LogP contribution in [0.5, 0.6) is 0 Å². The normalized spacial score (nSPS) is 11.5. The lowest BCUT2D eigenvalue weighted by Crippen LogP contribution is -2.21. The van der Waals surface area contributed by atoms with Crippen LogP contribution in [0, 0.1) is 6.92 Å². The van der Waals surface area contributed by atoms with E-state index in [1.54, 1.807) is 28.8 Å². The van der Waals surface area contributed by atoms with E-state index in [0.717, 1.165) is 22.8 Å². The molecule has 0 aliphatic heterocycles. The maximum Gasteiger partial charge on any atom is 0.418 e. The van der Waals surface area contributed by atoms with Gasteiger partial charge in [0, 0.05) is 17.4 Å². The van der Waals surface area contributed by atoms with Gasteiger partial charge in [-0.3, -0.25) is 0 Å². The van der Waals surface area contributed by atoms with Crippen LogP contribution in [0.2, 0.25) is 0 Å². The fraction of sp³-hybridized carbons (Fsp3) is 0.0909. The standard InChI is InChI=1S/C22H18F3N6O/c1-2-13-11-31-19(20(26)27-12-28-31)18(13)14-7-9-15(10-8-14)29-21(32)30-17-6-4-3-5-16(17)22(23,24)25/h3-12H,1-2H2,(H2,26,27,28)(H2,29,30,32). The SMILES string of the molecule is [CH2]Cc1cn2ncnc(N)c2c1-c1ccc(NC(=O)Nc2ccccc2C(F)(F)F)cc1. The Morgan fingerprint density at radius 2 is 1.81 bits per heavy atom. The number of para-hydroxylation sites is 1. The van der Waals surface area contributed by atoms with Gasteiger partial charge in [0.25, 0.3) is 0 Å². The number of amides is 2. The zero-order valence-corrected chi connectivity index (χ0v) is 16.6. The van der Waals surface area contributed by atoms with Crippen LogP contribution in [0.3, 0.4) is 0 Å². The third kappa shape index (κ3) is 4.07. The van der Waals surface area contributed by atoms with Crippen LogP contribution >= 0.6 is 0 Å². The maximum absolute atomic E-state index is 13.1. The van der Waals surface area contributed by atoms with Gasteiger partial charge < -0.3 is 16.4 Å². The molecule has 2 heterocycles. The molecular weight excluding hydrogens is 421 g/mol. The summed E-state index contributed by atoms with van der Waals surface area (Å²) >= 11 is 0. The molecular formula is C22H18F3N6O. The number of nitrogens with zero attached hydrogens (tertiary/aromatic N) is 3. The Labute approximate surface area is 181 Å². The first-order chi connectivity index (χ1) is 15.3. The molecule has 0 fully saturated rings. The van der Waals surface area contributed by atoms with E-state index in [1.807, 2.05) is 6.20 Å². The number of hydrogen-bond donors (Lipinski definition) is 3. The van der Waals surface area contributed by atoms with E-state index < -0.39 is 17.8 Å². The first kappa shape index (κ1) is 21.2. The fourth-order valence-electron chi connectivity index (χ4n) is 3.44. The van der Waals surface area contributed by atoms with Crippen LogP contribution in [-0.2, 0) is 12.6 Å². The highest BCUT2D eigenvalue weighted by molar-refractivity contribution is 6.00. The van der Waals surface area contributed by atoms with E-state index in [2.05, 4.69) is 27.6 Å². The summed E-state index contributed by atoms with van der Waals surface area (Å²) in [6.07, 6.45) is -0.892. The van der Waals surface area contributed by atoms with Crippen molar-refractivity contribution in [2.45, 2.75) is 12.6 Å². The van der Waals surface area contributed by atoms with Crippen molar-refractivity contribution in [2.24, 2.45) is 0 Å². The van der Waals surface area contributed by atoms with Crippen LogP contribution in [0.25, 0.3) is 16.6 Å². The van der Waals surface area contributed by atoms with Gasteiger partial charge in [-0.05, 0) is 48.7 Å². The molecule has 4 aromatic rings. The van der Waals surface area contributed by atoms with Crippen molar-refractivity contribution in [3.8, 4) is 11.1 Å². The molecule has 32 heavy (non-hydrogen) atoms. The number of alkyl halides is 3. The minimum atomic E-state index is -4.58. The van der Waals surface area contributed by atoms with Crippen LogP contribution < -0.4 is 16.4 Å². The summed E-state index contributed by atoms with van der Waals surface area (Å²) in [6, 6.07) is 10.8. The molecule has 0 saturated heterocycles. The number of benzene rings is 2. The maximum atomic E-state index is 13.1. The number of anilines is 3. The molecule has 4 rings (SSSR count). The average molecular weight is 439 g/mol. The van der Waals surface area contributed by atoms with Gasteiger partial charge in [-0.2, -0.15) is 18.3 Å². The lowest BCUT2D eigenvalue weighted by atomic mass is 10.0. The first-order valence-corrected chi connectivity index (χ1v) is 9.52. The number of urea groups is 1. The van der Waals surface area contributed by atoms with Crippen molar-refractivity contribution in [2.75, 3.05) is 16.4 Å². The summed E-state index contributed by atoms with van der Waals surface area (Å²) in [5.74, 6) is 0.319. The van der Waals surface area contributed by atoms with Crippen LogP contribution in [0.15, 0.2) is 61.1 Å². The number of carbonyl (C=O) groups is 1. The molecule has 163 valence electrons. The number of nitrogens with two attached hydrogens (primary N) is 1. The van der Waals surface area contributed by atoms with Crippen molar-refractivity contribution >= 4 is 28.7 Å². The highest BCUT2D eigenvalue weighted by Gasteiger charge is 2.33. The lowest BCUT2D eigenvalue weighted by molar-refractivity contribution is -0.136. The van der Waals surface area contributed by atoms with Crippen molar-refractivity contribution in [3.63, 3.8) is 0 Å². The van der Waals surface area contributed by atoms with E-state index in [9.17, 15) is 18.0 Å². The van der Waals surface area contributed by atoms with Crippen LogP contribution in [0.4, 0.5) is 35.2 Å². The largest absolute Gasteiger partial charge is 0.418 e. The van der Waals surface area contributed by atoms with Crippen LogP contribution in [-0.4, -0.2) is 20.6 Å². The first-order valence-electron chi connectivity index (χ1n) is 9.52. The topological polar surface area (TPSA) is 97.3 Å². The molecule has 2 amide bonds. The summed E-state index contributed by atoms with van der Waals surface area (Å²) < 4.78 is 41.0. The Bertz CT molecular complexity index is 1280. The smallest absolute Gasteiger partial charge is 0.382 e. The third-order valence-electron chi connectivity index (χ3n) is 4.86. The number of aromatic nitrogens is 3. The molecule has 0 atom stereocenters. The molecule has 0 aliphatic carbocycles. The average Bonchev–Trinajstić information content (AvgIpc) is 3.14. The molecule has 4 N–H and O–H groups in total. The number of hydrogen-bond acceptors (Lipinski definition) is 4. The van der Waals surface area contributed by atoms with Gasteiger partial charge in [0.15, 0.2) is 5.82 Å². The van der Waals surface area contributed by atoms with E-state index >= 15 is 0 Å². The van der Waals surface area contributed by atoms with Gasteiger partial charge in [-0.15, -0.1) is 0 Å². The van der Waals surface area contributed by atoms with E-state index in [-0.39, 0.29) is 5.69 Å². The number of fused-ring (bicyclic) bond motifs is 1. The van der Waals surface area contributed by atoms with E-state index in [0.29, 0.717) is 23.4 Å². The zero-order chi connectivity index (χ0) is 22.9. The highest BCUT2D eigenvalue weighted by atomic mass is 19.4. The van der Waals surface area contributed by atoms with Gasteiger partial charge >= 0.3 is 12.2 Å².